The highest BCUT2D eigenvalue weighted by Gasteiger charge is 2.37. The second-order valence-corrected chi connectivity index (χ2v) is 6.21. The highest BCUT2D eigenvalue weighted by Crippen LogP contribution is 2.27. The molecule has 1 amide bonds. The average Bonchev–Trinajstić information content (AvgIpc) is 2.70. The summed E-state index contributed by atoms with van der Waals surface area (Å²) in [5.74, 6) is 0.141. The maximum atomic E-state index is 12.7. The van der Waals surface area contributed by atoms with Gasteiger partial charge in [0.2, 0.25) is 5.91 Å². The van der Waals surface area contributed by atoms with Crippen molar-refractivity contribution in [2.75, 3.05) is 20.2 Å². The Bertz CT molecular complexity index is 301. The van der Waals surface area contributed by atoms with Crippen molar-refractivity contribution < 1.29 is 9.90 Å². The first-order valence-corrected chi connectivity index (χ1v) is 7.78. The van der Waals surface area contributed by atoms with Crippen molar-refractivity contribution >= 4 is 5.91 Å². The van der Waals surface area contributed by atoms with Crippen LogP contribution in [-0.2, 0) is 4.79 Å². The van der Waals surface area contributed by atoms with Crippen LogP contribution in [0.2, 0.25) is 0 Å². The maximum Gasteiger partial charge on any atom is 0.242 e. The molecule has 1 N–H and O–H groups in total. The van der Waals surface area contributed by atoms with Crippen molar-refractivity contribution in [1.29, 1.82) is 0 Å². The standard InChI is InChI=1S/C15H28N2O2/c1-12-9-10-16(2)14(11-18)15(19)17(12)13-7-5-3-4-6-8-13/h12-14,18H,3-11H2,1-2H3. The number of carbonyl (C=O) groups excluding carboxylic acids is 1. The molecule has 2 fully saturated rings. The zero-order valence-electron chi connectivity index (χ0n) is 12.3. The molecule has 0 aromatic carbocycles. The monoisotopic (exact) mass is 268 g/mol. The summed E-state index contributed by atoms with van der Waals surface area (Å²) in [5.41, 5.74) is 0. The fraction of sp³-hybridized carbons (Fsp3) is 0.933. The van der Waals surface area contributed by atoms with Gasteiger partial charge in [-0.2, -0.15) is 0 Å². The molecule has 4 nitrogen and oxygen atoms in total. The third-order valence-electron chi connectivity index (χ3n) is 4.84. The summed E-state index contributed by atoms with van der Waals surface area (Å²) in [6.45, 7) is 2.99. The molecule has 1 saturated carbocycles. The van der Waals surface area contributed by atoms with Gasteiger partial charge in [-0.1, -0.05) is 25.7 Å². The molecule has 1 aliphatic heterocycles. The van der Waals surface area contributed by atoms with E-state index in [1.54, 1.807) is 0 Å². The van der Waals surface area contributed by atoms with Crippen LogP contribution < -0.4 is 0 Å². The number of hydrogen-bond donors (Lipinski definition) is 1. The van der Waals surface area contributed by atoms with Gasteiger partial charge >= 0.3 is 0 Å². The van der Waals surface area contributed by atoms with Gasteiger partial charge in [0.1, 0.15) is 6.04 Å². The van der Waals surface area contributed by atoms with E-state index in [1.165, 1.54) is 25.7 Å². The zero-order chi connectivity index (χ0) is 13.8. The third kappa shape index (κ3) is 3.29. The Morgan fingerprint density at radius 3 is 2.37 bits per heavy atom. The minimum Gasteiger partial charge on any atom is -0.394 e. The van der Waals surface area contributed by atoms with E-state index in [0.29, 0.717) is 12.1 Å². The third-order valence-corrected chi connectivity index (χ3v) is 4.84. The number of carbonyl (C=O) groups is 1. The van der Waals surface area contributed by atoms with Crippen molar-refractivity contribution in [3.63, 3.8) is 0 Å². The lowest BCUT2D eigenvalue weighted by molar-refractivity contribution is -0.140. The van der Waals surface area contributed by atoms with Gasteiger partial charge in [0.05, 0.1) is 6.61 Å². The Labute approximate surface area is 116 Å². The number of rotatable bonds is 2. The molecule has 1 aliphatic carbocycles. The first kappa shape index (κ1) is 14.8. The number of likely N-dealkylation sites (N-methyl/N-ethyl adjacent to an activating group) is 1. The van der Waals surface area contributed by atoms with Gasteiger partial charge in [0.25, 0.3) is 0 Å². The Kier molecular flexibility index (Phi) is 5.22. The van der Waals surface area contributed by atoms with E-state index in [4.69, 9.17) is 0 Å². The van der Waals surface area contributed by atoms with Crippen LogP contribution in [0.4, 0.5) is 0 Å². The molecule has 2 rings (SSSR count). The van der Waals surface area contributed by atoms with Gasteiger partial charge in [-0.15, -0.1) is 0 Å². The van der Waals surface area contributed by atoms with Crippen LogP contribution in [0.15, 0.2) is 0 Å². The molecule has 0 bridgehead atoms. The largest absolute Gasteiger partial charge is 0.394 e. The quantitative estimate of drug-likeness (QED) is 0.774. The van der Waals surface area contributed by atoms with Gasteiger partial charge in [0, 0.05) is 18.6 Å². The van der Waals surface area contributed by atoms with Crippen LogP contribution in [0.1, 0.15) is 51.9 Å². The number of aliphatic hydroxyl groups excluding tert-OH is 1. The van der Waals surface area contributed by atoms with E-state index in [9.17, 15) is 9.90 Å². The SMILES string of the molecule is CC1CCN(C)C(CO)C(=O)N1C1CCCCCC1. The highest BCUT2D eigenvalue weighted by atomic mass is 16.3. The lowest BCUT2D eigenvalue weighted by Crippen LogP contribution is -2.52. The highest BCUT2D eigenvalue weighted by molar-refractivity contribution is 5.83. The van der Waals surface area contributed by atoms with Crippen molar-refractivity contribution in [3.8, 4) is 0 Å². The van der Waals surface area contributed by atoms with E-state index in [0.717, 1.165) is 25.8 Å². The van der Waals surface area contributed by atoms with Gasteiger partial charge in [0.15, 0.2) is 0 Å². The minimum atomic E-state index is -0.340. The fourth-order valence-electron chi connectivity index (χ4n) is 3.56. The maximum absolute atomic E-state index is 12.7. The predicted molar refractivity (Wildman–Crippen MR) is 75.9 cm³/mol. The Hall–Kier alpha value is -0.610. The van der Waals surface area contributed by atoms with E-state index < -0.39 is 0 Å². The van der Waals surface area contributed by atoms with Crippen molar-refractivity contribution in [2.24, 2.45) is 0 Å². The number of hydrogen-bond acceptors (Lipinski definition) is 3. The first-order chi connectivity index (χ1) is 9.15. The van der Waals surface area contributed by atoms with Gasteiger partial charge in [-0.25, -0.2) is 0 Å². The van der Waals surface area contributed by atoms with Crippen LogP contribution in [0, 0.1) is 0 Å². The Morgan fingerprint density at radius 1 is 1.16 bits per heavy atom. The number of amides is 1. The molecule has 4 heteroatoms. The van der Waals surface area contributed by atoms with Crippen LogP contribution >= 0.6 is 0 Å². The molecule has 2 unspecified atom stereocenters. The molecule has 110 valence electrons. The summed E-state index contributed by atoms with van der Waals surface area (Å²) < 4.78 is 0. The van der Waals surface area contributed by atoms with E-state index in [-0.39, 0.29) is 18.6 Å². The van der Waals surface area contributed by atoms with Gasteiger partial charge in [-0.3, -0.25) is 9.69 Å². The molecule has 2 aliphatic rings. The lowest BCUT2D eigenvalue weighted by atomic mass is 10.0. The second-order valence-electron chi connectivity index (χ2n) is 6.21. The topological polar surface area (TPSA) is 43.8 Å². The smallest absolute Gasteiger partial charge is 0.242 e. The number of nitrogens with zero attached hydrogens (tertiary/aromatic N) is 2. The summed E-state index contributed by atoms with van der Waals surface area (Å²) in [5, 5.41) is 9.53. The number of aliphatic hydroxyl groups is 1. The van der Waals surface area contributed by atoms with Gasteiger partial charge in [-0.05, 0) is 33.2 Å². The summed E-state index contributed by atoms with van der Waals surface area (Å²) >= 11 is 0. The molecule has 0 spiro atoms. The molecule has 1 heterocycles. The van der Waals surface area contributed by atoms with Crippen molar-refractivity contribution in [2.45, 2.75) is 70.0 Å². The summed E-state index contributed by atoms with van der Waals surface area (Å²) in [7, 11) is 1.95. The first-order valence-electron chi connectivity index (χ1n) is 7.78. The second kappa shape index (κ2) is 6.71. The molecular formula is C15H28N2O2. The van der Waals surface area contributed by atoms with Crippen molar-refractivity contribution in [3.05, 3.63) is 0 Å². The molecule has 2 atom stereocenters. The Balaban J connectivity index is 2.16. The minimum absolute atomic E-state index is 0.0642. The average molecular weight is 268 g/mol. The molecule has 0 aromatic rings. The normalized spacial score (nSPS) is 32.2. The van der Waals surface area contributed by atoms with Crippen LogP contribution in [0.5, 0.6) is 0 Å². The van der Waals surface area contributed by atoms with Crippen LogP contribution in [0.25, 0.3) is 0 Å². The summed E-state index contributed by atoms with van der Waals surface area (Å²) in [6, 6.07) is 0.355. The van der Waals surface area contributed by atoms with Crippen LogP contribution in [-0.4, -0.2) is 59.1 Å². The molecule has 1 saturated heterocycles. The molecule has 19 heavy (non-hydrogen) atoms. The zero-order valence-corrected chi connectivity index (χ0v) is 12.3. The fourth-order valence-corrected chi connectivity index (χ4v) is 3.56. The van der Waals surface area contributed by atoms with Gasteiger partial charge < -0.3 is 10.0 Å². The van der Waals surface area contributed by atoms with Crippen molar-refractivity contribution in [1.82, 2.24) is 9.80 Å². The van der Waals surface area contributed by atoms with E-state index in [2.05, 4.69) is 11.8 Å². The molecular weight excluding hydrogens is 240 g/mol. The van der Waals surface area contributed by atoms with Crippen LogP contribution in [0.3, 0.4) is 0 Å². The predicted octanol–water partition coefficient (Wildman–Crippen LogP) is 1.62. The molecule has 0 radical (unpaired) electrons. The lowest BCUT2D eigenvalue weighted by Gasteiger charge is -2.36. The Morgan fingerprint density at radius 2 is 1.79 bits per heavy atom. The summed E-state index contributed by atoms with van der Waals surface area (Å²) in [6.07, 6.45) is 8.36. The summed E-state index contributed by atoms with van der Waals surface area (Å²) in [4.78, 5) is 16.8. The van der Waals surface area contributed by atoms with E-state index in [1.807, 2.05) is 11.9 Å². The molecule has 0 aromatic heterocycles. The van der Waals surface area contributed by atoms with E-state index >= 15 is 0 Å².